The predicted octanol–water partition coefficient (Wildman–Crippen LogP) is 3.73. The van der Waals surface area contributed by atoms with Crippen LogP contribution in [0.25, 0.3) is 5.57 Å². The Morgan fingerprint density at radius 2 is 1.59 bits per heavy atom. The summed E-state index contributed by atoms with van der Waals surface area (Å²) in [7, 11) is 1.52. The molecule has 4 rings (SSSR count). The number of alkyl halides is 6. The monoisotopic (exact) mass is 559 g/mol. The first-order valence-corrected chi connectivity index (χ1v) is 12.0. The van der Waals surface area contributed by atoms with E-state index in [-0.39, 0.29) is 35.5 Å². The van der Waals surface area contributed by atoms with Crippen molar-refractivity contribution in [2.75, 3.05) is 13.7 Å². The molecule has 2 heterocycles. The number of benzene rings is 2. The first-order valence-electron chi connectivity index (χ1n) is 12.0. The van der Waals surface area contributed by atoms with Gasteiger partial charge in [0.15, 0.2) is 5.54 Å². The summed E-state index contributed by atoms with van der Waals surface area (Å²) in [5.74, 6) is -0.820. The molecule has 2 aromatic carbocycles. The molecule has 1 amide bonds. The predicted molar refractivity (Wildman–Crippen MR) is 128 cm³/mol. The topological polar surface area (TPSA) is 95.7 Å². The van der Waals surface area contributed by atoms with Gasteiger partial charge in [-0.15, -0.1) is 0 Å². The van der Waals surface area contributed by atoms with E-state index in [2.05, 4.69) is 27.2 Å². The minimum Gasteiger partial charge on any atom is -0.494 e. The highest BCUT2D eigenvalue weighted by Crippen LogP contribution is 2.49. The number of methoxy groups -OCH3 is 1. The summed E-state index contributed by atoms with van der Waals surface area (Å²) in [5.41, 5.74) is 9.08. The molecule has 0 bridgehead atoms. The first kappa shape index (κ1) is 28.8. The minimum absolute atomic E-state index is 0.0662. The van der Waals surface area contributed by atoms with Crippen molar-refractivity contribution in [3.8, 4) is 5.75 Å². The summed E-state index contributed by atoms with van der Waals surface area (Å²) in [6, 6.07) is 11.5. The molecule has 0 aromatic heterocycles. The van der Waals surface area contributed by atoms with E-state index < -0.39 is 42.8 Å². The lowest BCUT2D eigenvalue weighted by Gasteiger charge is -2.42. The van der Waals surface area contributed by atoms with Crippen LogP contribution in [-0.4, -0.2) is 38.1 Å². The van der Waals surface area contributed by atoms with Crippen molar-refractivity contribution in [3.05, 3.63) is 70.8 Å². The Kier molecular flexibility index (Phi) is 8.51. The lowest BCUT2D eigenvalue weighted by molar-refractivity contribution is -0.202. The van der Waals surface area contributed by atoms with Crippen LogP contribution in [0, 0.1) is 0 Å². The Morgan fingerprint density at radius 1 is 0.949 bits per heavy atom. The number of carbonyl (C=O) groups excluding carboxylic acids is 1. The summed E-state index contributed by atoms with van der Waals surface area (Å²) in [4.78, 5) is 13.4. The van der Waals surface area contributed by atoms with Crippen molar-refractivity contribution in [2.45, 2.75) is 49.9 Å². The van der Waals surface area contributed by atoms with Gasteiger partial charge < -0.3 is 14.8 Å². The fourth-order valence-electron chi connectivity index (χ4n) is 4.54. The molecule has 1 fully saturated rings. The second-order valence-corrected chi connectivity index (χ2v) is 9.12. The van der Waals surface area contributed by atoms with Gasteiger partial charge in [0.25, 0.3) is 5.91 Å². The van der Waals surface area contributed by atoms with Gasteiger partial charge >= 0.3 is 12.4 Å². The average Bonchev–Trinajstić information content (AvgIpc) is 3.40. The summed E-state index contributed by atoms with van der Waals surface area (Å²) in [5, 5.41) is 2.19. The summed E-state index contributed by atoms with van der Waals surface area (Å²) < 4.78 is 91.9. The molecule has 5 N–H and O–H groups in total. The van der Waals surface area contributed by atoms with Gasteiger partial charge in [-0.25, -0.2) is 10.9 Å². The largest absolute Gasteiger partial charge is 0.494 e. The van der Waals surface area contributed by atoms with Gasteiger partial charge in [0.05, 0.1) is 18.8 Å². The molecule has 2 aliphatic heterocycles. The highest BCUT2D eigenvalue weighted by Gasteiger charge is 2.60. The van der Waals surface area contributed by atoms with Crippen LogP contribution in [-0.2, 0) is 21.7 Å². The molecule has 1 atom stereocenters. The lowest BCUT2D eigenvalue weighted by atomic mass is 9.76. The highest BCUT2D eigenvalue weighted by molar-refractivity contribution is 6.05. The Hall–Kier alpha value is -3.17. The molecule has 2 aromatic rings. The summed E-state index contributed by atoms with van der Waals surface area (Å²) in [6.45, 7) is 0.0577. The molecule has 0 radical (unpaired) electrons. The third-order valence-corrected chi connectivity index (χ3v) is 6.44. The van der Waals surface area contributed by atoms with Crippen molar-refractivity contribution >= 4 is 11.5 Å². The number of hydrogen-bond donors (Lipinski definition) is 5. The number of halogens is 6. The number of hydrogen-bond acceptors (Lipinski definition) is 7. The third-order valence-electron chi connectivity index (χ3n) is 6.44. The Balaban J connectivity index is 1.68. The summed E-state index contributed by atoms with van der Waals surface area (Å²) in [6.07, 6.45) is -12.0. The molecule has 8 nitrogen and oxygen atoms in total. The Bertz CT molecular complexity index is 1180. The van der Waals surface area contributed by atoms with E-state index in [1.807, 2.05) is 0 Å². The first-order chi connectivity index (χ1) is 18.4. The molecular weight excluding hydrogens is 532 g/mol. The van der Waals surface area contributed by atoms with E-state index in [0.717, 1.165) is 17.7 Å². The maximum Gasteiger partial charge on any atom is 0.416 e. The normalized spacial score (nSPS) is 20.8. The van der Waals surface area contributed by atoms with E-state index >= 15 is 0 Å². The van der Waals surface area contributed by atoms with Crippen LogP contribution < -0.4 is 32.0 Å². The van der Waals surface area contributed by atoms with E-state index in [0.29, 0.717) is 12.2 Å². The van der Waals surface area contributed by atoms with Crippen molar-refractivity contribution in [1.29, 1.82) is 0 Å². The van der Waals surface area contributed by atoms with Gasteiger partial charge in [-0.05, 0) is 40.8 Å². The van der Waals surface area contributed by atoms with Crippen LogP contribution in [0.1, 0.15) is 36.0 Å². The van der Waals surface area contributed by atoms with Gasteiger partial charge in [0, 0.05) is 20.0 Å². The second-order valence-electron chi connectivity index (χ2n) is 9.12. The van der Waals surface area contributed by atoms with Crippen LogP contribution in [0.15, 0.2) is 54.1 Å². The zero-order valence-electron chi connectivity index (χ0n) is 20.7. The van der Waals surface area contributed by atoms with E-state index in [9.17, 15) is 31.1 Å². The SMILES string of the molecule is COCc1ccc(C2=C(C3NNNN3)C(=O)NC(c3ccc(OCCCC(F)(F)F)cc3)(C(F)(F)F)C2)cc1. The van der Waals surface area contributed by atoms with Gasteiger partial charge in [-0.2, -0.15) is 37.4 Å². The van der Waals surface area contributed by atoms with Crippen molar-refractivity contribution in [3.63, 3.8) is 0 Å². The van der Waals surface area contributed by atoms with Crippen molar-refractivity contribution < 1.29 is 40.6 Å². The Labute approximate surface area is 220 Å². The molecule has 39 heavy (non-hydrogen) atoms. The highest BCUT2D eigenvalue weighted by atomic mass is 19.4. The Morgan fingerprint density at radius 3 is 2.15 bits per heavy atom. The number of ether oxygens (including phenoxy) is 2. The molecule has 0 saturated carbocycles. The molecule has 2 aliphatic rings. The molecule has 1 unspecified atom stereocenters. The second kappa shape index (κ2) is 11.5. The zero-order valence-corrected chi connectivity index (χ0v) is 20.7. The van der Waals surface area contributed by atoms with Crippen LogP contribution in [0.3, 0.4) is 0 Å². The quantitative estimate of drug-likeness (QED) is 0.236. The number of amides is 1. The summed E-state index contributed by atoms with van der Waals surface area (Å²) >= 11 is 0. The maximum atomic E-state index is 14.8. The smallest absolute Gasteiger partial charge is 0.416 e. The molecule has 0 aliphatic carbocycles. The molecule has 0 spiro atoms. The number of carbonyl (C=O) groups is 1. The minimum atomic E-state index is -4.91. The molecule has 1 saturated heterocycles. The van der Waals surface area contributed by atoms with E-state index in [1.165, 1.54) is 19.2 Å². The maximum absolute atomic E-state index is 14.8. The van der Waals surface area contributed by atoms with E-state index in [1.54, 1.807) is 24.3 Å². The zero-order chi connectivity index (χ0) is 28.3. The average molecular weight is 560 g/mol. The fraction of sp³-hybridized carbons (Fsp3) is 0.400. The van der Waals surface area contributed by atoms with Crippen molar-refractivity contribution in [1.82, 2.24) is 27.2 Å². The molecule has 212 valence electrons. The van der Waals surface area contributed by atoms with Gasteiger partial charge in [0.2, 0.25) is 0 Å². The number of nitrogens with one attached hydrogen (secondary N) is 5. The van der Waals surface area contributed by atoms with Crippen LogP contribution >= 0.6 is 0 Å². The van der Waals surface area contributed by atoms with Gasteiger partial charge in [-0.1, -0.05) is 36.4 Å². The molecular formula is C25H27F6N5O3. The fourth-order valence-corrected chi connectivity index (χ4v) is 4.54. The van der Waals surface area contributed by atoms with Crippen molar-refractivity contribution in [2.24, 2.45) is 0 Å². The van der Waals surface area contributed by atoms with Gasteiger partial charge in [-0.3, -0.25) is 4.79 Å². The standard InChI is InChI=1S/C25H27F6N5O3/c1-38-14-15-3-5-16(6-4-15)19-13-23(25(29,30)31,32-22(37)20(19)21-33-35-36-34-21)17-7-9-18(10-8-17)39-12-2-11-24(26,27)28/h3-10,21,33-36H,2,11-14H2,1H3,(H,32,37). The lowest BCUT2D eigenvalue weighted by Crippen LogP contribution is -2.60. The molecule has 14 heteroatoms. The number of hydrazine groups is 3. The van der Waals surface area contributed by atoms with Gasteiger partial charge in [0.1, 0.15) is 11.9 Å². The third kappa shape index (κ3) is 6.53. The van der Waals surface area contributed by atoms with Crippen LogP contribution in [0.2, 0.25) is 0 Å². The van der Waals surface area contributed by atoms with Crippen LogP contribution in [0.4, 0.5) is 26.3 Å². The number of rotatable bonds is 9. The van der Waals surface area contributed by atoms with E-state index in [4.69, 9.17) is 9.47 Å². The van der Waals surface area contributed by atoms with Crippen LogP contribution in [0.5, 0.6) is 5.75 Å².